The Hall–Kier alpha value is -1.57. The van der Waals surface area contributed by atoms with Gasteiger partial charge in [0.05, 0.1) is 18.0 Å². The molecular weight excluding hydrogens is 280 g/mol. The summed E-state index contributed by atoms with van der Waals surface area (Å²) in [6.45, 7) is 15.9. The molecule has 0 spiro atoms. The number of fused-ring (bicyclic) bond motifs is 1. The quantitative estimate of drug-likeness (QED) is 0.661. The van der Waals surface area contributed by atoms with Crippen molar-refractivity contribution in [3.05, 3.63) is 42.0 Å². The highest BCUT2D eigenvalue weighted by Crippen LogP contribution is 2.28. The Morgan fingerprint density at radius 3 is 2.43 bits per heavy atom. The molecule has 23 heavy (non-hydrogen) atoms. The summed E-state index contributed by atoms with van der Waals surface area (Å²) in [6.07, 6.45) is 9.85. The molecule has 0 atom stereocenters. The number of allylic oxidation sites excluding steroid dienone is 2. The van der Waals surface area contributed by atoms with Gasteiger partial charge in [-0.15, -0.1) is 0 Å². The van der Waals surface area contributed by atoms with Gasteiger partial charge in [0, 0.05) is 11.3 Å². The maximum Gasteiger partial charge on any atom is 0.0994 e. The van der Waals surface area contributed by atoms with E-state index < -0.39 is 0 Å². The molecule has 0 aliphatic carbocycles. The molecule has 2 rings (SSSR count). The third-order valence-corrected chi connectivity index (χ3v) is 4.10. The normalized spacial score (nSPS) is 13.8. The second kappa shape index (κ2) is 6.51. The summed E-state index contributed by atoms with van der Waals surface area (Å²) in [6, 6.07) is 4.54. The predicted molar refractivity (Wildman–Crippen MR) is 101 cm³/mol. The topological polar surface area (TPSA) is 17.3 Å². The van der Waals surface area contributed by atoms with E-state index in [9.17, 15) is 0 Å². The molecule has 2 aromatic rings. The lowest BCUT2D eigenvalue weighted by Gasteiger charge is -2.18. The molecule has 2 nitrogen and oxygen atoms in total. The fraction of sp³-hybridized carbons (Fsp3) is 0.571. The first-order valence-electron chi connectivity index (χ1n) is 8.71. The van der Waals surface area contributed by atoms with Gasteiger partial charge in [-0.25, -0.2) is 4.98 Å². The number of imidazole rings is 1. The molecule has 0 unspecified atom stereocenters. The largest absolute Gasteiger partial charge is 0.303 e. The van der Waals surface area contributed by atoms with Crippen LogP contribution < -0.4 is 0 Å². The van der Waals surface area contributed by atoms with Crippen LogP contribution in [0, 0.1) is 10.8 Å². The van der Waals surface area contributed by atoms with E-state index in [4.69, 9.17) is 0 Å². The lowest BCUT2D eigenvalue weighted by atomic mass is 9.89. The second-order valence-corrected chi connectivity index (χ2v) is 8.99. The highest BCUT2D eigenvalue weighted by atomic mass is 15.0. The van der Waals surface area contributed by atoms with Gasteiger partial charge < -0.3 is 4.40 Å². The molecule has 0 saturated heterocycles. The monoisotopic (exact) mass is 312 g/mol. The molecule has 0 bridgehead atoms. The van der Waals surface area contributed by atoms with Crippen LogP contribution in [0.5, 0.6) is 0 Å². The number of hydrogen-bond donors (Lipinski definition) is 0. The molecule has 0 radical (unpaired) electrons. The van der Waals surface area contributed by atoms with Crippen molar-refractivity contribution in [1.82, 2.24) is 9.38 Å². The third-order valence-electron chi connectivity index (χ3n) is 4.10. The summed E-state index contributed by atoms with van der Waals surface area (Å²) in [5, 5.41) is 0. The van der Waals surface area contributed by atoms with Crippen molar-refractivity contribution >= 4 is 11.1 Å². The minimum absolute atomic E-state index is 0.187. The molecule has 2 aromatic heterocycles. The van der Waals surface area contributed by atoms with Gasteiger partial charge in [-0.05, 0) is 48.7 Å². The zero-order valence-electron chi connectivity index (χ0n) is 15.9. The molecule has 0 aliphatic rings. The Labute approximate surface area is 141 Å². The zero-order chi connectivity index (χ0) is 17.3. The van der Waals surface area contributed by atoms with Crippen molar-refractivity contribution < 1.29 is 0 Å². The van der Waals surface area contributed by atoms with Gasteiger partial charge in [0.25, 0.3) is 0 Å². The summed E-state index contributed by atoms with van der Waals surface area (Å²) >= 11 is 0. The fourth-order valence-corrected chi connectivity index (χ4v) is 3.13. The standard InChI is InChI=1S/C21H32N2/c1-16(13-21(5,6)7)18-11-10-17(9-8-12-20(2,3)4)23-15-22-14-19(18)23/h10-11,13-15H,8-9,12H2,1-7H3/b16-13+. The van der Waals surface area contributed by atoms with Gasteiger partial charge >= 0.3 is 0 Å². The number of rotatable bonds is 4. The van der Waals surface area contributed by atoms with Crippen molar-refractivity contribution in [3.8, 4) is 0 Å². The molecule has 0 N–H and O–H groups in total. The van der Waals surface area contributed by atoms with E-state index in [1.54, 1.807) is 0 Å². The maximum atomic E-state index is 4.39. The fourth-order valence-electron chi connectivity index (χ4n) is 3.13. The van der Waals surface area contributed by atoms with E-state index in [0.29, 0.717) is 5.41 Å². The Morgan fingerprint density at radius 1 is 1.13 bits per heavy atom. The van der Waals surface area contributed by atoms with Crippen molar-refractivity contribution in [2.45, 2.75) is 67.7 Å². The first-order valence-corrected chi connectivity index (χ1v) is 8.71. The van der Waals surface area contributed by atoms with Crippen LogP contribution in [0.2, 0.25) is 0 Å². The smallest absolute Gasteiger partial charge is 0.0994 e. The number of pyridine rings is 1. The molecule has 2 heteroatoms. The molecule has 2 heterocycles. The lowest BCUT2D eigenvalue weighted by Crippen LogP contribution is -2.06. The van der Waals surface area contributed by atoms with Crippen LogP contribution in [0.25, 0.3) is 11.1 Å². The van der Waals surface area contributed by atoms with Gasteiger partial charge in [0.15, 0.2) is 0 Å². The van der Waals surface area contributed by atoms with Crippen LogP contribution in [-0.2, 0) is 6.42 Å². The Bertz CT molecular complexity index is 691. The van der Waals surface area contributed by atoms with Crippen LogP contribution >= 0.6 is 0 Å². The third kappa shape index (κ3) is 4.95. The van der Waals surface area contributed by atoms with Gasteiger partial charge in [-0.3, -0.25) is 0 Å². The molecule has 0 saturated carbocycles. The average Bonchev–Trinajstić information content (AvgIpc) is 2.84. The highest BCUT2D eigenvalue weighted by molar-refractivity contribution is 5.77. The van der Waals surface area contributed by atoms with Gasteiger partial charge in [-0.2, -0.15) is 0 Å². The first-order chi connectivity index (χ1) is 10.6. The molecule has 0 aromatic carbocycles. The SMILES string of the molecule is C/C(=C\C(C)(C)C)c1ccc(CCCC(C)(C)C)n2cncc12. The second-order valence-electron chi connectivity index (χ2n) is 8.99. The molecule has 0 fully saturated rings. The average molecular weight is 313 g/mol. The Morgan fingerprint density at radius 2 is 1.83 bits per heavy atom. The van der Waals surface area contributed by atoms with E-state index in [2.05, 4.69) is 76.1 Å². The van der Waals surface area contributed by atoms with Crippen molar-refractivity contribution in [2.75, 3.05) is 0 Å². The Balaban J connectivity index is 2.30. The minimum atomic E-state index is 0.187. The molecule has 126 valence electrons. The number of aryl methyl sites for hydroxylation is 1. The van der Waals surface area contributed by atoms with Crippen LogP contribution in [0.3, 0.4) is 0 Å². The summed E-state index contributed by atoms with van der Waals surface area (Å²) in [7, 11) is 0. The number of hydrogen-bond acceptors (Lipinski definition) is 1. The molecular formula is C21H32N2. The zero-order valence-corrected chi connectivity index (χ0v) is 15.9. The van der Waals surface area contributed by atoms with Gasteiger partial charge in [0.2, 0.25) is 0 Å². The van der Waals surface area contributed by atoms with Gasteiger partial charge in [-0.1, -0.05) is 53.7 Å². The van der Waals surface area contributed by atoms with E-state index in [0.717, 1.165) is 6.42 Å². The van der Waals surface area contributed by atoms with Gasteiger partial charge in [0.1, 0.15) is 0 Å². The van der Waals surface area contributed by atoms with E-state index in [1.807, 2.05) is 12.5 Å². The van der Waals surface area contributed by atoms with Crippen molar-refractivity contribution in [2.24, 2.45) is 10.8 Å². The summed E-state index contributed by atoms with van der Waals surface area (Å²) in [4.78, 5) is 4.39. The molecule has 0 aliphatic heterocycles. The predicted octanol–water partition coefficient (Wildman–Crippen LogP) is 6.15. The lowest BCUT2D eigenvalue weighted by molar-refractivity contribution is 0.365. The molecule has 0 amide bonds. The van der Waals surface area contributed by atoms with Crippen molar-refractivity contribution in [3.63, 3.8) is 0 Å². The summed E-state index contributed by atoms with van der Waals surface area (Å²) < 4.78 is 2.26. The summed E-state index contributed by atoms with van der Waals surface area (Å²) in [5.41, 5.74) is 5.78. The van der Waals surface area contributed by atoms with E-state index in [1.165, 1.54) is 35.2 Å². The van der Waals surface area contributed by atoms with Crippen LogP contribution in [-0.4, -0.2) is 9.38 Å². The van der Waals surface area contributed by atoms with Crippen molar-refractivity contribution in [1.29, 1.82) is 0 Å². The first kappa shape index (κ1) is 17.8. The summed E-state index contributed by atoms with van der Waals surface area (Å²) in [5.74, 6) is 0. The van der Waals surface area contributed by atoms with E-state index in [-0.39, 0.29) is 5.41 Å². The van der Waals surface area contributed by atoms with Crippen LogP contribution in [0.1, 0.15) is 72.6 Å². The minimum Gasteiger partial charge on any atom is -0.303 e. The Kier molecular flexibility index (Phi) is 5.03. The van der Waals surface area contributed by atoms with E-state index >= 15 is 0 Å². The highest BCUT2D eigenvalue weighted by Gasteiger charge is 2.13. The van der Waals surface area contributed by atoms with Crippen LogP contribution in [0.4, 0.5) is 0 Å². The number of aromatic nitrogens is 2. The maximum absolute atomic E-state index is 4.39. The number of nitrogens with zero attached hydrogens (tertiary/aromatic N) is 2. The van der Waals surface area contributed by atoms with Crippen LogP contribution in [0.15, 0.2) is 30.7 Å².